The molecule has 92 heavy (non-hydrogen) atoms. The number of halogens is 4. The third-order valence-electron chi connectivity index (χ3n) is 14.5. The molecule has 8 aromatic carbocycles. The number of benzene rings is 8. The summed E-state index contributed by atoms with van der Waals surface area (Å²) in [6.45, 7) is 4.37. The fourth-order valence-corrected chi connectivity index (χ4v) is 10.3. The Bertz CT molecular complexity index is 3710. The van der Waals surface area contributed by atoms with E-state index in [9.17, 15) is 37.5 Å². The molecule has 13 nitrogen and oxygen atoms in total. The maximum atomic E-state index is 14.3. The van der Waals surface area contributed by atoms with Gasteiger partial charge < -0.3 is 38.4 Å². The van der Waals surface area contributed by atoms with Gasteiger partial charge in [-0.05, 0) is 107 Å². The molecule has 8 aromatic rings. The first-order valence-electron chi connectivity index (χ1n) is 28.2. The number of esters is 2. The number of aryl methyl sites for hydroxylation is 2. The third-order valence-corrected chi connectivity index (χ3v) is 14.7. The summed E-state index contributed by atoms with van der Waals surface area (Å²) in [4.78, 5) is 69.5. The second kappa shape index (κ2) is 41.8. The SMILES string of the molecule is C.COC(=O)[C@@H]1Cc2c(ccc(C)c2O)CN1C(=O)C(c1ccccc1)c1ccccc1.COC(=O)[C@@H]1Cc2c(ccc(C)c2OCC#Cc2ccc(F)cc2)CN1C(=O)C(c1ccccc1)c1ccccc1.Fc1ccc(C#CCBr)cc1.[2H]OOC=O.[CH2-]F.[K+].[K+]. The van der Waals surface area contributed by atoms with Crippen LogP contribution in [0.2, 0.25) is 0 Å². The number of nitrogens with zero attached hydrogens (tertiary/aromatic N) is 2. The molecule has 0 saturated carbocycles. The fourth-order valence-electron chi connectivity index (χ4n) is 10.2. The third kappa shape index (κ3) is 22.3. The van der Waals surface area contributed by atoms with Crippen LogP contribution < -0.4 is 108 Å². The molecule has 466 valence electrons. The number of alkyl halides is 1. The van der Waals surface area contributed by atoms with E-state index in [4.69, 9.17) is 20.4 Å². The second-order valence-electron chi connectivity index (χ2n) is 19.9. The van der Waals surface area contributed by atoms with Crippen LogP contribution in [0.1, 0.15) is 86.0 Å². The molecule has 0 aliphatic carbocycles. The Morgan fingerprint density at radius 1 is 0.598 bits per heavy atom. The number of carbonyl (C=O) groups excluding carboxylic acids is 5. The van der Waals surface area contributed by atoms with E-state index < -0.39 is 35.9 Å². The van der Waals surface area contributed by atoms with Gasteiger partial charge in [-0.25, -0.2) is 23.6 Å². The van der Waals surface area contributed by atoms with Crippen molar-refractivity contribution in [3.05, 3.63) is 280 Å². The van der Waals surface area contributed by atoms with Crippen LogP contribution in [-0.4, -0.2) is 88.6 Å². The van der Waals surface area contributed by atoms with Gasteiger partial charge in [0.05, 0.1) is 31.4 Å². The van der Waals surface area contributed by atoms with Gasteiger partial charge in [0.2, 0.25) is 11.8 Å². The molecule has 0 bridgehead atoms. The molecule has 2 N–H and O–H groups in total. The quantitative estimate of drug-likeness (QED) is 0.0144. The van der Waals surface area contributed by atoms with E-state index in [1.54, 1.807) is 41.2 Å². The number of hydrogen-bond acceptors (Lipinski definition) is 11. The predicted molar refractivity (Wildman–Crippen MR) is 342 cm³/mol. The minimum absolute atomic E-state index is 0. The number of carbonyl (C=O) groups is 5. The smallest absolute Gasteiger partial charge is 0.507 e. The minimum Gasteiger partial charge on any atom is -0.507 e. The monoisotopic (exact) mass is 1360 g/mol. The predicted octanol–water partition coefficient (Wildman–Crippen LogP) is 7.38. The van der Waals surface area contributed by atoms with Gasteiger partial charge in [-0.3, -0.25) is 14.4 Å². The molecular weight excluding hydrogens is 1300 g/mol. The van der Waals surface area contributed by atoms with Crippen molar-refractivity contribution in [3.63, 3.8) is 0 Å². The van der Waals surface area contributed by atoms with E-state index in [0.717, 1.165) is 55.6 Å². The average molecular weight is 1370 g/mol. The molecule has 10 rings (SSSR count). The van der Waals surface area contributed by atoms with Crippen LogP contribution in [0.25, 0.3) is 1.43 Å². The molecule has 19 heteroatoms. The summed E-state index contributed by atoms with van der Waals surface area (Å²) in [6, 6.07) is 56.5. The Kier molecular flexibility index (Phi) is 35.4. The van der Waals surface area contributed by atoms with Crippen molar-refractivity contribution in [2.75, 3.05) is 26.2 Å². The van der Waals surface area contributed by atoms with Crippen molar-refractivity contribution >= 4 is 46.2 Å². The zero-order valence-electron chi connectivity index (χ0n) is 52.2. The summed E-state index contributed by atoms with van der Waals surface area (Å²) in [6.07, 6.45) is 0.476. The number of amides is 2. The van der Waals surface area contributed by atoms with E-state index in [2.05, 4.69) is 49.8 Å². The molecule has 2 amide bonds. The van der Waals surface area contributed by atoms with Gasteiger partial charge in [-0.2, -0.15) is 7.18 Å². The summed E-state index contributed by atoms with van der Waals surface area (Å²) >= 11 is 3.17. The van der Waals surface area contributed by atoms with Crippen molar-refractivity contribution in [2.24, 2.45) is 0 Å². The van der Waals surface area contributed by atoms with Gasteiger partial charge in [0, 0.05) is 48.2 Å². The Morgan fingerprint density at radius 2 is 0.967 bits per heavy atom. The van der Waals surface area contributed by atoms with Crippen molar-refractivity contribution in [2.45, 2.75) is 71.1 Å². The number of ether oxygens (including phenoxy) is 3. The van der Waals surface area contributed by atoms with E-state index in [0.29, 0.717) is 22.2 Å². The molecule has 0 spiro atoms. The van der Waals surface area contributed by atoms with Crippen molar-refractivity contribution < 1.29 is 169 Å². The summed E-state index contributed by atoms with van der Waals surface area (Å²) in [5.41, 5.74) is 9.92. The van der Waals surface area contributed by atoms with E-state index >= 15 is 0 Å². The van der Waals surface area contributed by atoms with Crippen molar-refractivity contribution in [3.8, 4) is 35.2 Å². The van der Waals surface area contributed by atoms with Crippen LogP contribution in [0.15, 0.2) is 194 Å². The number of fused-ring (bicyclic) bond motifs is 2. The van der Waals surface area contributed by atoms with Gasteiger partial charge in [-0.15, -0.1) is 0 Å². The number of phenols is 1. The van der Waals surface area contributed by atoms with Crippen LogP contribution in [0, 0.1) is 56.3 Å². The molecule has 0 aromatic heterocycles. The van der Waals surface area contributed by atoms with E-state index in [-0.39, 0.29) is 178 Å². The first kappa shape index (κ1) is 77.8. The summed E-state index contributed by atoms with van der Waals surface area (Å²) in [5, 5.41) is 14.3. The van der Waals surface area contributed by atoms with Crippen molar-refractivity contribution in [1.29, 1.82) is 1.43 Å². The van der Waals surface area contributed by atoms with Crippen molar-refractivity contribution in [1.82, 2.24) is 9.80 Å². The Balaban J connectivity index is 0.000000381. The van der Waals surface area contributed by atoms with Crippen LogP contribution in [0.4, 0.5) is 13.2 Å². The summed E-state index contributed by atoms with van der Waals surface area (Å²) < 4.78 is 56.8. The number of methoxy groups -OCH3 is 2. The first-order chi connectivity index (χ1) is 43.7. The van der Waals surface area contributed by atoms with E-state index in [1.807, 2.05) is 159 Å². The van der Waals surface area contributed by atoms with Gasteiger partial charge in [0.15, 0.2) is 0 Å². The molecule has 0 fully saturated rings. The van der Waals surface area contributed by atoms with Gasteiger partial charge in [0.25, 0.3) is 1.43 Å². The van der Waals surface area contributed by atoms with Crippen LogP contribution in [0.5, 0.6) is 11.5 Å². The minimum atomic E-state index is -0.815. The standard InChI is InChI=1S/C35H30FNO4.C26H25NO4.C9H6BrF.CH2F.CH2O3.CH4.2K/c1-24-15-18-28-23-37(34(38)32(26-11-5-3-6-12-26)27-13-7-4-8-14-27)31(35(39)40-2)22-30(28)33(24)41-21-9-10-25-16-19-29(36)20-17-25;1-17-13-14-20-16-27(22(26(30)31-2)15-21(20)24(17)28)25(29)23(18-9-5-3-6-10-18)19-11-7-4-8-12-19;10-7-1-2-8-3-5-9(11)6-4-8;1-2;2-1-4-3;;;/h3-8,11-20,31-32H,21-23H2,1-2H3;3-14,22-23,28H,15-16H2,1-2H3;3-6H,7H2;1H2;1,3H;1H4;;/q;;;-1;;;2*+1/t31-;22-;;;;;;/m00....../s1/i/hD. The van der Waals surface area contributed by atoms with Crippen LogP contribution >= 0.6 is 15.9 Å². The summed E-state index contributed by atoms with van der Waals surface area (Å²) in [7, 11) is 4.41. The first-order valence-corrected chi connectivity index (χ1v) is 28.9. The normalized spacial score (nSPS) is 12.9. The maximum Gasteiger partial charge on any atom is 1.00 e. The molecule has 2 aliphatic heterocycles. The second-order valence-corrected chi connectivity index (χ2v) is 20.4. The Morgan fingerprint density at radius 3 is 1.33 bits per heavy atom. The van der Waals surface area contributed by atoms with Gasteiger partial charge in [0.1, 0.15) is 41.8 Å². The Labute approximate surface area is 631 Å². The molecule has 0 unspecified atom stereocenters. The largest absolute Gasteiger partial charge is 1.00 e. The molecule has 2 aliphatic rings. The fraction of sp³-hybridized carbons (Fsp3) is 0.205. The number of phenolic OH excluding ortho intramolecular Hbond substituents is 1. The van der Waals surface area contributed by atoms with Crippen LogP contribution in [-0.2, 0) is 64.3 Å². The molecule has 0 radical (unpaired) electrons. The van der Waals surface area contributed by atoms with E-state index in [1.165, 1.54) is 38.5 Å². The molecule has 0 saturated heterocycles. The zero-order chi connectivity index (χ0) is 65.0. The zero-order valence-corrected chi connectivity index (χ0v) is 59.1. The molecular formula is C73H69BrF3K2N2O11+. The number of hydrogen-bond donors (Lipinski definition) is 2. The van der Waals surface area contributed by atoms with Gasteiger partial charge >= 0.3 is 121 Å². The molecule has 2 atom stereocenters. The molecule has 2 heterocycles. The topological polar surface area (TPSA) is 169 Å². The summed E-state index contributed by atoms with van der Waals surface area (Å²) in [5.74, 6) is 9.50. The Hall–Kier alpha value is -6.67. The number of rotatable bonds is 12. The average Bonchev–Trinajstić information content (AvgIpc) is 0.790. The van der Waals surface area contributed by atoms with Crippen LogP contribution in [0.3, 0.4) is 0 Å². The number of aromatic hydroxyl groups is 1. The maximum absolute atomic E-state index is 14.3. The van der Waals surface area contributed by atoms with Gasteiger partial charge in [-0.1, -0.05) is 193 Å².